The third kappa shape index (κ3) is 6.64. The topological polar surface area (TPSA) is 17.0 Å². The van der Waals surface area contributed by atoms with Crippen molar-refractivity contribution in [2.24, 2.45) is 0 Å². The van der Waals surface area contributed by atoms with Crippen molar-refractivity contribution in [3.05, 3.63) is 59.0 Å². The molecular formula is C27H38BF4NO. The molecule has 1 aromatic heterocycles. The second kappa shape index (κ2) is 11.0. The second-order valence-electron chi connectivity index (χ2n) is 11.3. The van der Waals surface area contributed by atoms with Gasteiger partial charge in [-0.15, -0.1) is 4.57 Å². The van der Waals surface area contributed by atoms with Crippen LogP contribution in [0.15, 0.2) is 41.1 Å². The minimum Gasteiger partial charge on any atom is -1.00 e. The zero-order valence-electron chi connectivity index (χ0n) is 22.1. The minimum absolute atomic E-state index is 0. The Morgan fingerprint density at radius 3 is 1.68 bits per heavy atom. The first-order valence-electron chi connectivity index (χ1n) is 11.6. The molecule has 7 heteroatoms. The molecule has 0 unspecified atom stereocenters. The van der Waals surface area contributed by atoms with Crippen molar-refractivity contribution in [3.63, 3.8) is 0 Å². The first-order valence-corrected chi connectivity index (χ1v) is 11.6. The average molecular weight is 479 g/mol. The maximum absolute atomic E-state index is 9.67. The van der Waals surface area contributed by atoms with E-state index in [0.29, 0.717) is 11.8 Å². The van der Waals surface area contributed by atoms with Crippen molar-refractivity contribution in [1.82, 2.24) is 0 Å². The van der Waals surface area contributed by atoms with Gasteiger partial charge in [-0.3, -0.25) is 12.9 Å². The molecule has 0 aliphatic rings. The van der Waals surface area contributed by atoms with Crippen LogP contribution in [0.1, 0.15) is 103 Å². The summed E-state index contributed by atoms with van der Waals surface area (Å²) in [5, 5.41) is 0. The first kappa shape index (κ1) is 29.7. The van der Waals surface area contributed by atoms with Gasteiger partial charge in [0.25, 0.3) is 5.52 Å². The third-order valence-electron chi connectivity index (χ3n) is 5.86. The SMILES string of the molecule is CC(C)c1cccc(C(C)C)c1-[n+]1coc2c(C(C)(C)C)cc(C(C)(C)C)cc21.FB(F)F.[F-]. The summed E-state index contributed by atoms with van der Waals surface area (Å²) in [4.78, 5) is 0. The van der Waals surface area contributed by atoms with Crippen molar-refractivity contribution >= 4 is 18.6 Å². The maximum Gasteiger partial charge on any atom is 0.762 e. The molecule has 0 atom stereocenters. The number of halogens is 4. The van der Waals surface area contributed by atoms with E-state index in [1.807, 2.05) is 6.39 Å². The van der Waals surface area contributed by atoms with Gasteiger partial charge in [0, 0.05) is 22.8 Å². The van der Waals surface area contributed by atoms with Crippen LogP contribution >= 0.6 is 0 Å². The minimum atomic E-state index is -3.67. The number of benzene rings is 2. The standard InChI is InChI=1S/C27H38NO.BF3.FH/c1-17(2)20-12-11-13-21(18(3)4)24(20)28-16-29-25-22(27(8,9)10)14-19(15-23(25)28)26(5,6)7;2-1(3)4;/h11-18H,1-10H3;;1H/q+1;;/p-1. The average Bonchev–Trinajstić information content (AvgIpc) is 3.08. The molecule has 0 amide bonds. The Labute approximate surface area is 202 Å². The largest absolute Gasteiger partial charge is 1.00 e. The van der Waals surface area contributed by atoms with Crippen LogP contribution in [-0.4, -0.2) is 7.54 Å². The van der Waals surface area contributed by atoms with Crippen molar-refractivity contribution in [2.75, 3.05) is 0 Å². The van der Waals surface area contributed by atoms with Crippen LogP contribution in [-0.2, 0) is 10.8 Å². The van der Waals surface area contributed by atoms with Crippen LogP contribution in [0.4, 0.5) is 12.9 Å². The summed E-state index contributed by atoms with van der Waals surface area (Å²) in [6, 6.07) is 11.4. The number of para-hydroxylation sites is 1. The second-order valence-corrected chi connectivity index (χ2v) is 11.3. The van der Waals surface area contributed by atoms with E-state index in [1.54, 1.807) is 0 Å². The fraction of sp³-hybridized carbons (Fsp3) is 0.519. The molecule has 0 aliphatic heterocycles. The Morgan fingerprint density at radius 2 is 1.29 bits per heavy atom. The lowest BCUT2D eigenvalue weighted by Crippen LogP contribution is -3.00. The Balaban J connectivity index is 0.00000107. The summed E-state index contributed by atoms with van der Waals surface area (Å²) in [7, 11) is -3.67. The van der Waals surface area contributed by atoms with Gasteiger partial charge in [0.05, 0.1) is 0 Å². The molecule has 0 saturated carbocycles. The van der Waals surface area contributed by atoms with E-state index in [1.165, 1.54) is 27.9 Å². The zero-order chi connectivity index (χ0) is 25.3. The molecule has 3 aromatic rings. The molecule has 3 rings (SSSR count). The van der Waals surface area contributed by atoms with Gasteiger partial charge >= 0.3 is 13.9 Å². The van der Waals surface area contributed by atoms with E-state index in [4.69, 9.17) is 4.42 Å². The number of fused-ring (bicyclic) bond motifs is 1. The summed E-state index contributed by atoms with van der Waals surface area (Å²) in [6.45, 7) is 22.7. The number of hydrogen-bond donors (Lipinski definition) is 0. The Bertz CT molecular complexity index is 1060. The van der Waals surface area contributed by atoms with Crippen LogP contribution in [0.3, 0.4) is 0 Å². The smallest absolute Gasteiger partial charge is 0.762 e. The third-order valence-corrected chi connectivity index (χ3v) is 5.86. The number of aromatic nitrogens is 1. The van der Waals surface area contributed by atoms with Crippen LogP contribution in [0.25, 0.3) is 16.8 Å². The van der Waals surface area contributed by atoms with Crippen LogP contribution < -0.4 is 9.27 Å². The molecule has 2 aromatic carbocycles. The van der Waals surface area contributed by atoms with E-state index in [9.17, 15) is 12.9 Å². The molecule has 0 spiro atoms. The lowest BCUT2D eigenvalue weighted by atomic mass is 9.80. The van der Waals surface area contributed by atoms with Crippen molar-refractivity contribution in [3.8, 4) is 5.69 Å². The monoisotopic (exact) mass is 479 g/mol. The van der Waals surface area contributed by atoms with Gasteiger partial charge in [-0.25, -0.2) is 0 Å². The predicted octanol–water partition coefficient (Wildman–Crippen LogP) is 5.44. The highest BCUT2D eigenvalue weighted by molar-refractivity contribution is 6.33. The van der Waals surface area contributed by atoms with Crippen molar-refractivity contribution < 1.29 is 26.6 Å². The molecular weight excluding hydrogens is 441 g/mol. The van der Waals surface area contributed by atoms with E-state index >= 15 is 0 Å². The van der Waals surface area contributed by atoms with Crippen LogP contribution in [0.2, 0.25) is 0 Å². The van der Waals surface area contributed by atoms with Crippen LogP contribution in [0.5, 0.6) is 0 Å². The number of hydrogen-bond acceptors (Lipinski definition) is 1. The van der Waals surface area contributed by atoms with Gasteiger partial charge in [0.1, 0.15) is 0 Å². The fourth-order valence-electron chi connectivity index (χ4n) is 4.03. The Morgan fingerprint density at radius 1 is 0.824 bits per heavy atom. The molecule has 0 fully saturated rings. The number of nitrogens with zero attached hydrogens (tertiary/aromatic N) is 1. The Hall–Kier alpha value is -2.31. The first-order chi connectivity index (χ1) is 15.1. The van der Waals surface area contributed by atoms with Gasteiger partial charge in [-0.2, -0.15) is 0 Å². The normalized spacial score (nSPS) is 12.0. The van der Waals surface area contributed by atoms with Crippen LogP contribution in [0, 0.1) is 0 Å². The molecule has 34 heavy (non-hydrogen) atoms. The van der Waals surface area contributed by atoms with Gasteiger partial charge in [0.15, 0.2) is 0 Å². The van der Waals surface area contributed by atoms with Crippen molar-refractivity contribution in [1.29, 1.82) is 0 Å². The summed E-state index contributed by atoms with van der Waals surface area (Å²) in [6.07, 6.45) is 1.92. The summed E-state index contributed by atoms with van der Waals surface area (Å²) >= 11 is 0. The fourth-order valence-corrected chi connectivity index (χ4v) is 4.03. The summed E-state index contributed by atoms with van der Waals surface area (Å²) in [5.41, 5.74) is 8.86. The van der Waals surface area contributed by atoms with Crippen molar-refractivity contribution in [2.45, 2.75) is 91.9 Å². The number of rotatable bonds is 3. The molecule has 1 heterocycles. The molecule has 2 nitrogen and oxygen atoms in total. The maximum atomic E-state index is 9.67. The van der Waals surface area contributed by atoms with Gasteiger partial charge < -0.3 is 9.12 Å². The summed E-state index contributed by atoms with van der Waals surface area (Å²) < 4.78 is 37.6. The van der Waals surface area contributed by atoms with Gasteiger partial charge in [0.2, 0.25) is 11.3 Å². The summed E-state index contributed by atoms with van der Waals surface area (Å²) in [5.74, 6) is 0.878. The van der Waals surface area contributed by atoms with E-state index in [0.717, 1.165) is 11.1 Å². The Kier molecular flexibility index (Phi) is 9.58. The molecule has 0 saturated heterocycles. The van der Waals surface area contributed by atoms with E-state index < -0.39 is 7.54 Å². The van der Waals surface area contributed by atoms with E-state index in [2.05, 4.69) is 104 Å². The van der Waals surface area contributed by atoms with E-state index in [-0.39, 0.29) is 15.5 Å². The molecule has 0 bridgehead atoms. The molecule has 0 N–H and O–H groups in total. The van der Waals surface area contributed by atoms with Gasteiger partial charge in [-0.05, 0) is 28.2 Å². The number of oxazole rings is 1. The molecule has 0 aliphatic carbocycles. The van der Waals surface area contributed by atoms with Gasteiger partial charge in [-0.1, -0.05) is 93.5 Å². The predicted molar refractivity (Wildman–Crippen MR) is 132 cm³/mol. The highest BCUT2D eigenvalue weighted by Crippen LogP contribution is 2.36. The lowest BCUT2D eigenvalue weighted by molar-refractivity contribution is -0.574. The molecule has 188 valence electrons. The quantitative estimate of drug-likeness (QED) is 0.278. The molecule has 0 radical (unpaired) electrons. The highest BCUT2D eigenvalue weighted by atomic mass is 19.4. The lowest BCUT2D eigenvalue weighted by Gasteiger charge is -2.24. The highest BCUT2D eigenvalue weighted by Gasteiger charge is 2.31. The zero-order valence-corrected chi connectivity index (χ0v) is 22.1.